The second-order valence-electron chi connectivity index (χ2n) is 4.03. The highest BCUT2D eigenvalue weighted by Crippen LogP contribution is 2.23. The van der Waals surface area contributed by atoms with Crippen LogP contribution >= 0.6 is 0 Å². The number of hydrogen-bond acceptors (Lipinski definition) is 3. The van der Waals surface area contributed by atoms with Crippen LogP contribution in [0.1, 0.15) is 11.1 Å². The highest BCUT2D eigenvalue weighted by Gasteiger charge is 2.13. The van der Waals surface area contributed by atoms with E-state index in [0.717, 1.165) is 22.5 Å². The lowest BCUT2D eigenvalue weighted by molar-refractivity contribution is 0.344. The third-order valence-corrected chi connectivity index (χ3v) is 2.78. The number of hydrogen-bond donors (Lipinski definition) is 0. The summed E-state index contributed by atoms with van der Waals surface area (Å²) in [7, 11) is 1.75. The molecule has 0 fully saturated rings. The van der Waals surface area contributed by atoms with E-state index in [4.69, 9.17) is 14.7 Å². The van der Waals surface area contributed by atoms with Crippen molar-refractivity contribution < 1.29 is 9.39 Å². The van der Waals surface area contributed by atoms with E-state index in [1.165, 1.54) is 0 Å². The van der Waals surface area contributed by atoms with Crippen molar-refractivity contribution in [3.63, 3.8) is 0 Å². The van der Waals surface area contributed by atoms with Gasteiger partial charge in [0.1, 0.15) is 11.5 Å². The largest absolute Gasteiger partial charge is 0.457 e. The second-order valence-corrected chi connectivity index (χ2v) is 4.03. The van der Waals surface area contributed by atoms with Crippen molar-refractivity contribution in [2.24, 2.45) is 0 Å². The van der Waals surface area contributed by atoms with E-state index in [1.54, 1.807) is 31.7 Å². The first kappa shape index (κ1) is 10.9. The Hall–Kier alpha value is -2.25. The van der Waals surface area contributed by atoms with Gasteiger partial charge in [-0.05, 0) is 47.4 Å². The molecule has 85 valence electrons. The third-order valence-electron chi connectivity index (χ3n) is 2.78. The number of fused-ring (bicyclic) bond motifs is 1. The fourth-order valence-electron chi connectivity index (χ4n) is 1.84. The van der Waals surface area contributed by atoms with Crippen LogP contribution in [0.15, 0.2) is 42.5 Å². The Labute approximate surface area is 106 Å². The maximum atomic E-state index is 8.72. The topological polar surface area (TPSA) is 42.2 Å². The molecule has 1 aliphatic rings. The zero-order chi connectivity index (χ0) is 12.4. The molecule has 0 amide bonds. The average Bonchev–Trinajstić information content (AvgIpc) is 2.87. The third kappa shape index (κ3) is 2.09. The van der Waals surface area contributed by atoms with Crippen LogP contribution < -0.4 is 10.2 Å². The van der Waals surface area contributed by atoms with E-state index < -0.39 is 0 Å². The van der Waals surface area contributed by atoms with Gasteiger partial charge in [0.2, 0.25) is 0 Å². The first-order valence-corrected chi connectivity index (χ1v) is 5.61. The predicted molar refractivity (Wildman–Crippen MR) is 67.9 cm³/mol. The molecule has 3 rings (SSSR count). The van der Waals surface area contributed by atoms with Crippen molar-refractivity contribution >= 4 is 12.9 Å². The molecule has 0 saturated heterocycles. The molecule has 0 N–H and O–H groups in total. The Morgan fingerprint density at radius 3 is 2.67 bits per heavy atom. The minimum atomic E-state index is 0.597. The van der Waals surface area contributed by atoms with Gasteiger partial charge in [-0.3, -0.25) is 0 Å². The molecule has 2 aromatic rings. The highest BCUT2D eigenvalue weighted by molar-refractivity contribution is 6.48. The van der Waals surface area contributed by atoms with Crippen LogP contribution in [0.4, 0.5) is 0 Å². The van der Waals surface area contributed by atoms with Gasteiger partial charge in [0.25, 0.3) is 0 Å². The second kappa shape index (κ2) is 4.56. The van der Waals surface area contributed by atoms with Crippen molar-refractivity contribution in [1.82, 2.24) is 0 Å². The summed E-state index contributed by atoms with van der Waals surface area (Å²) in [5.41, 5.74) is 2.85. The Balaban J connectivity index is 1.81. The van der Waals surface area contributed by atoms with E-state index in [2.05, 4.69) is 6.07 Å². The van der Waals surface area contributed by atoms with Crippen LogP contribution in [0.25, 0.3) is 0 Å². The Bertz CT molecular complexity index is 617. The lowest BCUT2D eigenvalue weighted by Crippen LogP contribution is -2.10. The number of benzene rings is 2. The predicted octanol–water partition coefficient (Wildman–Crippen LogP) is 2.13. The molecule has 1 heterocycles. The maximum absolute atomic E-state index is 8.72. The molecule has 2 aromatic carbocycles. The zero-order valence-corrected chi connectivity index (χ0v) is 9.59. The molecule has 0 bridgehead atoms. The molecular weight excluding hydrogens is 225 g/mol. The van der Waals surface area contributed by atoms with Gasteiger partial charge in [0, 0.05) is 0 Å². The standard InChI is InChI=1S/C14H9BNO2/c16-8-10-1-3-12(4-2-10)18-13-5-6-14-11(7-13)9-17-15-14/h1-7H,9H2. The summed E-state index contributed by atoms with van der Waals surface area (Å²) in [5.74, 6) is 1.49. The van der Waals surface area contributed by atoms with Gasteiger partial charge >= 0.3 is 7.48 Å². The molecule has 1 radical (unpaired) electrons. The number of nitrogens with zero attached hydrogens (tertiary/aromatic N) is 1. The van der Waals surface area contributed by atoms with E-state index in [0.29, 0.717) is 12.2 Å². The fourth-order valence-corrected chi connectivity index (χ4v) is 1.84. The number of ether oxygens (including phenoxy) is 1. The summed E-state index contributed by atoms with van der Waals surface area (Å²) < 4.78 is 11.0. The molecule has 0 spiro atoms. The molecule has 0 aromatic heterocycles. The van der Waals surface area contributed by atoms with Gasteiger partial charge < -0.3 is 9.39 Å². The smallest absolute Gasteiger partial charge is 0.330 e. The van der Waals surface area contributed by atoms with Gasteiger partial charge in [-0.25, -0.2) is 0 Å². The van der Waals surface area contributed by atoms with Crippen molar-refractivity contribution in [3.8, 4) is 17.6 Å². The van der Waals surface area contributed by atoms with E-state index in [1.807, 2.05) is 18.2 Å². The Morgan fingerprint density at radius 2 is 1.89 bits per heavy atom. The fraction of sp³-hybridized carbons (Fsp3) is 0.0714. The number of rotatable bonds is 2. The molecule has 1 aliphatic heterocycles. The first-order chi connectivity index (χ1) is 8.85. The normalized spacial score (nSPS) is 12.4. The van der Waals surface area contributed by atoms with Gasteiger partial charge in [-0.2, -0.15) is 5.26 Å². The summed E-state index contributed by atoms with van der Waals surface area (Å²) in [4.78, 5) is 0. The minimum absolute atomic E-state index is 0.597. The number of nitriles is 1. The SMILES string of the molecule is N#Cc1ccc(Oc2ccc3c(c2)CO[B]3)cc1. The van der Waals surface area contributed by atoms with Crippen LogP contribution in [0, 0.1) is 11.3 Å². The van der Waals surface area contributed by atoms with Gasteiger partial charge in [0.15, 0.2) is 0 Å². The van der Waals surface area contributed by atoms with Gasteiger partial charge in [-0.1, -0.05) is 6.07 Å². The molecule has 0 unspecified atom stereocenters. The van der Waals surface area contributed by atoms with Crippen molar-refractivity contribution in [2.45, 2.75) is 6.61 Å². The minimum Gasteiger partial charge on any atom is -0.457 e. The van der Waals surface area contributed by atoms with E-state index >= 15 is 0 Å². The van der Waals surface area contributed by atoms with Gasteiger partial charge in [0.05, 0.1) is 18.2 Å². The molecule has 4 heteroatoms. The Morgan fingerprint density at radius 1 is 1.11 bits per heavy atom. The first-order valence-electron chi connectivity index (χ1n) is 5.61. The summed E-state index contributed by atoms with van der Waals surface area (Å²) in [6.45, 7) is 0.597. The summed E-state index contributed by atoms with van der Waals surface area (Å²) in [5, 5.41) is 8.72. The molecule has 0 saturated carbocycles. The van der Waals surface area contributed by atoms with E-state index in [-0.39, 0.29) is 0 Å². The van der Waals surface area contributed by atoms with Crippen LogP contribution in [0.5, 0.6) is 11.5 Å². The molecule has 18 heavy (non-hydrogen) atoms. The quantitative estimate of drug-likeness (QED) is 0.747. The summed E-state index contributed by atoms with van der Waals surface area (Å²) in [6.07, 6.45) is 0. The highest BCUT2D eigenvalue weighted by atomic mass is 16.5. The maximum Gasteiger partial charge on any atom is 0.330 e. The van der Waals surface area contributed by atoms with Crippen LogP contribution in [0.2, 0.25) is 0 Å². The monoisotopic (exact) mass is 234 g/mol. The summed E-state index contributed by atoms with van der Waals surface area (Å²) >= 11 is 0. The van der Waals surface area contributed by atoms with Crippen LogP contribution in [-0.2, 0) is 11.3 Å². The van der Waals surface area contributed by atoms with Gasteiger partial charge in [-0.15, -0.1) is 0 Å². The lowest BCUT2D eigenvalue weighted by atomic mass is 9.87. The molecule has 0 atom stereocenters. The van der Waals surface area contributed by atoms with Crippen molar-refractivity contribution in [3.05, 3.63) is 53.6 Å². The van der Waals surface area contributed by atoms with E-state index in [9.17, 15) is 0 Å². The van der Waals surface area contributed by atoms with Crippen molar-refractivity contribution in [2.75, 3.05) is 0 Å². The Kier molecular flexibility index (Phi) is 2.75. The summed E-state index contributed by atoms with van der Waals surface area (Å²) in [6, 6.07) is 15.0. The zero-order valence-electron chi connectivity index (χ0n) is 9.59. The molecule has 3 nitrogen and oxygen atoms in total. The molecular formula is C14H9BNO2. The average molecular weight is 234 g/mol. The van der Waals surface area contributed by atoms with Crippen molar-refractivity contribution in [1.29, 1.82) is 5.26 Å². The van der Waals surface area contributed by atoms with Crippen LogP contribution in [-0.4, -0.2) is 7.48 Å². The van der Waals surface area contributed by atoms with Crippen LogP contribution in [0.3, 0.4) is 0 Å². The lowest BCUT2D eigenvalue weighted by Gasteiger charge is -2.07. The molecule has 0 aliphatic carbocycles.